The third kappa shape index (κ3) is 6.92. The Morgan fingerprint density at radius 3 is 2.36 bits per heavy atom. The topological polar surface area (TPSA) is 96.9 Å². The Morgan fingerprint density at radius 2 is 1.71 bits per heavy atom. The van der Waals surface area contributed by atoms with Crippen LogP contribution in [0.2, 0.25) is 0 Å². The summed E-state index contributed by atoms with van der Waals surface area (Å²) in [6, 6.07) is 14.0. The molecule has 2 rings (SSSR count). The lowest BCUT2D eigenvalue weighted by molar-refractivity contribution is -0.122. The molecule has 0 atom stereocenters. The minimum atomic E-state index is -0.659. The molecule has 2 amide bonds. The van der Waals surface area contributed by atoms with Gasteiger partial charge in [0.05, 0.1) is 25.7 Å². The highest BCUT2D eigenvalue weighted by molar-refractivity contribution is 5.92. The maximum atomic E-state index is 12.0. The molecule has 0 fully saturated rings. The van der Waals surface area contributed by atoms with E-state index < -0.39 is 5.54 Å². The Labute approximate surface area is 164 Å². The van der Waals surface area contributed by atoms with Gasteiger partial charge in [-0.25, -0.2) is 0 Å². The van der Waals surface area contributed by atoms with Gasteiger partial charge in [-0.05, 0) is 43.7 Å². The number of carbonyl (C=O) groups is 2. The van der Waals surface area contributed by atoms with Gasteiger partial charge in [0.15, 0.2) is 6.61 Å². The minimum absolute atomic E-state index is 0.131. The first-order chi connectivity index (χ1) is 13.3. The third-order valence-electron chi connectivity index (χ3n) is 3.89. The second-order valence-corrected chi connectivity index (χ2v) is 6.98. The van der Waals surface area contributed by atoms with E-state index in [1.54, 1.807) is 69.5 Å². The van der Waals surface area contributed by atoms with Crippen LogP contribution in [0.4, 0.5) is 5.69 Å². The fourth-order valence-corrected chi connectivity index (χ4v) is 2.39. The zero-order chi connectivity index (χ0) is 20.6. The number of carbonyl (C=O) groups excluding carboxylic acids is 2. The molecule has 0 unspecified atom stereocenters. The average molecular weight is 386 g/mol. The highest BCUT2D eigenvalue weighted by Crippen LogP contribution is 2.19. The molecule has 0 aliphatic rings. The molecule has 0 bridgehead atoms. The first-order valence-electron chi connectivity index (χ1n) is 8.89. The zero-order valence-corrected chi connectivity index (χ0v) is 16.3. The predicted molar refractivity (Wildman–Crippen MR) is 107 cm³/mol. The molecule has 0 saturated heterocycles. The van der Waals surface area contributed by atoms with Crippen molar-refractivity contribution in [3.63, 3.8) is 0 Å². The van der Waals surface area contributed by atoms with E-state index in [4.69, 9.17) is 9.47 Å². The molecule has 2 aromatic rings. The Kier molecular flexibility index (Phi) is 7.40. The van der Waals surface area contributed by atoms with Gasteiger partial charge in [0.1, 0.15) is 11.5 Å². The number of hydrogen-bond acceptors (Lipinski definition) is 5. The Bertz CT molecular complexity index is 803. The molecular weight excluding hydrogens is 360 g/mol. The van der Waals surface area contributed by atoms with Crippen LogP contribution < -0.4 is 20.1 Å². The Morgan fingerprint density at radius 1 is 1.04 bits per heavy atom. The van der Waals surface area contributed by atoms with Crippen molar-refractivity contribution in [1.82, 2.24) is 5.32 Å². The number of amides is 2. The van der Waals surface area contributed by atoms with E-state index in [-0.39, 0.29) is 31.4 Å². The normalized spacial score (nSPS) is 10.9. The fourth-order valence-electron chi connectivity index (χ4n) is 2.39. The number of hydrogen-bond donors (Lipinski definition) is 3. The first kappa shape index (κ1) is 21.2. The van der Waals surface area contributed by atoms with Crippen molar-refractivity contribution in [2.45, 2.75) is 25.8 Å². The van der Waals surface area contributed by atoms with Gasteiger partial charge in [-0.2, -0.15) is 0 Å². The summed E-state index contributed by atoms with van der Waals surface area (Å²) >= 11 is 0. The molecule has 0 spiro atoms. The van der Waals surface area contributed by atoms with E-state index in [1.165, 1.54) is 0 Å². The van der Waals surface area contributed by atoms with Gasteiger partial charge in [0.25, 0.3) is 5.91 Å². The summed E-state index contributed by atoms with van der Waals surface area (Å²) in [5.74, 6) is 0.724. The van der Waals surface area contributed by atoms with Crippen LogP contribution in [0.5, 0.6) is 11.5 Å². The quantitative estimate of drug-likeness (QED) is 0.614. The molecule has 0 radical (unpaired) electrons. The fraction of sp³-hybridized carbons (Fsp3) is 0.333. The summed E-state index contributed by atoms with van der Waals surface area (Å²) in [5, 5.41) is 14.7. The van der Waals surface area contributed by atoms with Gasteiger partial charge in [0.2, 0.25) is 5.91 Å². The highest BCUT2D eigenvalue weighted by Gasteiger charge is 2.19. The molecule has 7 nitrogen and oxygen atoms in total. The van der Waals surface area contributed by atoms with Crippen molar-refractivity contribution < 1.29 is 24.2 Å². The van der Waals surface area contributed by atoms with E-state index in [9.17, 15) is 14.7 Å². The van der Waals surface area contributed by atoms with Gasteiger partial charge in [-0.3, -0.25) is 9.59 Å². The van der Waals surface area contributed by atoms with Crippen LogP contribution >= 0.6 is 0 Å². The second-order valence-electron chi connectivity index (χ2n) is 6.98. The number of anilines is 1. The van der Waals surface area contributed by atoms with Crippen molar-refractivity contribution in [2.24, 2.45) is 0 Å². The van der Waals surface area contributed by atoms with Crippen LogP contribution in [-0.4, -0.2) is 42.8 Å². The van der Waals surface area contributed by atoms with Crippen LogP contribution in [-0.2, 0) is 16.0 Å². The standard InChI is InChI=1S/C21H26N2O5/c1-21(2,14-24)23-19(25)11-15-7-9-16(10-8-15)22-20(26)13-28-18-6-4-5-17(12-18)27-3/h4-10,12,24H,11,13-14H2,1-3H3,(H,22,26)(H,23,25). The highest BCUT2D eigenvalue weighted by atomic mass is 16.5. The van der Waals surface area contributed by atoms with Crippen molar-refractivity contribution in [2.75, 3.05) is 25.6 Å². The maximum absolute atomic E-state index is 12.0. The van der Waals surface area contributed by atoms with Gasteiger partial charge in [-0.15, -0.1) is 0 Å². The van der Waals surface area contributed by atoms with E-state index >= 15 is 0 Å². The van der Waals surface area contributed by atoms with E-state index in [2.05, 4.69) is 10.6 Å². The average Bonchev–Trinajstić information content (AvgIpc) is 2.67. The van der Waals surface area contributed by atoms with Gasteiger partial charge in [-0.1, -0.05) is 18.2 Å². The summed E-state index contributed by atoms with van der Waals surface area (Å²) in [5.41, 5.74) is 0.754. The Balaban J connectivity index is 1.82. The lowest BCUT2D eigenvalue weighted by atomic mass is 10.1. The first-order valence-corrected chi connectivity index (χ1v) is 8.89. The summed E-state index contributed by atoms with van der Waals surface area (Å²) in [4.78, 5) is 24.0. The molecule has 150 valence electrons. The summed E-state index contributed by atoms with van der Waals surface area (Å²) in [7, 11) is 1.56. The number of ether oxygens (including phenoxy) is 2. The molecular formula is C21H26N2O5. The molecule has 28 heavy (non-hydrogen) atoms. The SMILES string of the molecule is COc1cccc(OCC(=O)Nc2ccc(CC(=O)NC(C)(C)CO)cc2)c1. The summed E-state index contributed by atoms with van der Waals surface area (Å²) in [6.45, 7) is 3.23. The van der Waals surface area contributed by atoms with Crippen molar-refractivity contribution in [3.8, 4) is 11.5 Å². The Hall–Kier alpha value is -3.06. The number of benzene rings is 2. The molecule has 3 N–H and O–H groups in total. The monoisotopic (exact) mass is 386 g/mol. The maximum Gasteiger partial charge on any atom is 0.262 e. The van der Waals surface area contributed by atoms with E-state index in [0.29, 0.717) is 17.2 Å². The van der Waals surface area contributed by atoms with E-state index in [0.717, 1.165) is 5.56 Å². The molecule has 0 saturated carbocycles. The number of aliphatic hydroxyl groups is 1. The predicted octanol–water partition coefficient (Wildman–Crippen LogP) is 2.14. The van der Waals surface area contributed by atoms with E-state index in [1.807, 2.05) is 0 Å². The number of nitrogens with one attached hydrogen (secondary N) is 2. The van der Waals surface area contributed by atoms with Crippen LogP contribution in [0.1, 0.15) is 19.4 Å². The van der Waals surface area contributed by atoms with Crippen LogP contribution in [0.25, 0.3) is 0 Å². The largest absolute Gasteiger partial charge is 0.497 e. The minimum Gasteiger partial charge on any atom is -0.497 e. The second kappa shape index (κ2) is 9.75. The van der Waals surface area contributed by atoms with Gasteiger partial charge >= 0.3 is 0 Å². The van der Waals surface area contributed by atoms with Crippen LogP contribution in [0.15, 0.2) is 48.5 Å². The molecule has 0 heterocycles. The summed E-state index contributed by atoms with van der Waals surface area (Å²) in [6.07, 6.45) is 0.191. The lowest BCUT2D eigenvalue weighted by Crippen LogP contribution is -2.46. The number of methoxy groups -OCH3 is 1. The molecule has 7 heteroatoms. The van der Waals surface area contributed by atoms with Crippen molar-refractivity contribution in [1.29, 1.82) is 0 Å². The van der Waals surface area contributed by atoms with Crippen LogP contribution in [0, 0.1) is 0 Å². The van der Waals surface area contributed by atoms with Crippen LogP contribution in [0.3, 0.4) is 0 Å². The number of rotatable bonds is 9. The van der Waals surface area contributed by atoms with Crippen molar-refractivity contribution >= 4 is 17.5 Å². The molecule has 0 aliphatic heterocycles. The van der Waals surface area contributed by atoms with Crippen molar-refractivity contribution in [3.05, 3.63) is 54.1 Å². The molecule has 2 aromatic carbocycles. The number of aliphatic hydroxyl groups excluding tert-OH is 1. The molecule has 0 aliphatic carbocycles. The smallest absolute Gasteiger partial charge is 0.262 e. The lowest BCUT2D eigenvalue weighted by Gasteiger charge is -2.23. The van der Waals surface area contributed by atoms with Gasteiger partial charge in [0, 0.05) is 11.8 Å². The third-order valence-corrected chi connectivity index (χ3v) is 3.89. The zero-order valence-electron chi connectivity index (χ0n) is 16.3. The molecule has 0 aromatic heterocycles. The summed E-state index contributed by atoms with van der Waals surface area (Å²) < 4.78 is 10.6. The van der Waals surface area contributed by atoms with Gasteiger partial charge < -0.3 is 25.2 Å².